The third kappa shape index (κ3) is 6.04. The zero-order valence-corrected chi connectivity index (χ0v) is 13.4. The minimum absolute atomic E-state index is 0.406. The van der Waals surface area contributed by atoms with Gasteiger partial charge >= 0.3 is 12.1 Å². The molecule has 0 unspecified atom stereocenters. The molecule has 0 amide bonds. The second kappa shape index (κ2) is 5.96. The van der Waals surface area contributed by atoms with Gasteiger partial charge in [0.2, 0.25) is 10.0 Å². The van der Waals surface area contributed by atoms with Crippen molar-refractivity contribution < 1.29 is 31.1 Å². The number of alkyl halides is 3. The van der Waals surface area contributed by atoms with Gasteiger partial charge in [-0.3, -0.25) is 0 Å². The van der Waals surface area contributed by atoms with Gasteiger partial charge in [0.1, 0.15) is 5.57 Å². The number of hydrogen-bond donors (Lipinski definition) is 1. The van der Waals surface area contributed by atoms with Crippen LogP contribution in [0.25, 0.3) is 0 Å². The molecule has 124 valence electrons. The van der Waals surface area contributed by atoms with E-state index < -0.39 is 45.3 Å². The highest BCUT2D eigenvalue weighted by Crippen LogP contribution is 2.32. The minimum Gasteiger partial charge on any atom is -0.461 e. The summed E-state index contributed by atoms with van der Waals surface area (Å²) in [6.07, 6.45) is -3.90. The highest BCUT2D eigenvalue weighted by molar-refractivity contribution is 7.88. The molecule has 0 aliphatic rings. The van der Waals surface area contributed by atoms with E-state index in [0.717, 1.165) is 6.26 Å². The van der Waals surface area contributed by atoms with Crippen molar-refractivity contribution >= 4 is 16.0 Å². The Morgan fingerprint density at radius 1 is 1.19 bits per heavy atom. The largest absolute Gasteiger partial charge is 0.461 e. The van der Waals surface area contributed by atoms with Crippen LogP contribution in [-0.2, 0) is 19.6 Å². The highest BCUT2D eigenvalue weighted by atomic mass is 32.2. The molecule has 0 atom stereocenters. The van der Waals surface area contributed by atoms with Crippen molar-refractivity contribution in [3.8, 4) is 0 Å². The summed E-state index contributed by atoms with van der Waals surface area (Å²) < 4.78 is 66.4. The summed E-state index contributed by atoms with van der Waals surface area (Å²) in [7, 11) is -3.53. The van der Waals surface area contributed by atoms with Gasteiger partial charge in [0, 0.05) is 11.0 Å². The van der Waals surface area contributed by atoms with E-state index in [0.29, 0.717) is 0 Å². The van der Waals surface area contributed by atoms with Crippen LogP contribution in [0.1, 0.15) is 27.7 Å². The summed E-state index contributed by atoms with van der Waals surface area (Å²) in [6.45, 7) is 8.44. The Balaban J connectivity index is 4.91. The molecule has 0 saturated heterocycles. The molecule has 0 fully saturated rings. The van der Waals surface area contributed by atoms with E-state index in [-0.39, 0.29) is 0 Å². The van der Waals surface area contributed by atoms with Crippen molar-refractivity contribution in [3.05, 3.63) is 12.2 Å². The summed E-state index contributed by atoms with van der Waals surface area (Å²) >= 11 is 0. The van der Waals surface area contributed by atoms with Crippen LogP contribution in [0.2, 0.25) is 0 Å². The fourth-order valence-electron chi connectivity index (χ4n) is 1.23. The van der Waals surface area contributed by atoms with Crippen LogP contribution in [0.5, 0.6) is 0 Å². The summed E-state index contributed by atoms with van der Waals surface area (Å²) in [5.41, 5.74) is -3.59. The van der Waals surface area contributed by atoms with Gasteiger partial charge < -0.3 is 4.74 Å². The molecule has 1 N–H and O–H groups in total. The first-order valence-electron chi connectivity index (χ1n) is 5.92. The molecule has 0 bridgehead atoms. The predicted molar refractivity (Wildman–Crippen MR) is 72.0 cm³/mol. The van der Waals surface area contributed by atoms with Gasteiger partial charge in [0.15, 0.2) is 0 Å². The fraction of sp³-hybridized carbons (Fsp3) is 0.750. The number of sulfonamides is 1. The third-order valence-electron chi connectivity index (χ3n) is 3.29. The van der Waals surface area contributed by atoms with E-state index in [2.05, 4.69) is 16.0 Å². The molecule has 0 heterocycles. The van der Waals surface area contributed by atoms with E-state index in [9.17, 15) is 26.4 Å². The molecular weight excluding hydrogens is 311 g/mol. The number of hydrogen-bond acceptors (Lipinski definition) is 4. The Hall–Kier alpha value is -1.09. The Labute approximate surface area is 122 Å². The molecule has 0 rings (SSSR count). The maximum Gasteiger partial charge on any atom is 0.422 e. The average Bonchev–Trinajstić information content (AvgIpc) is 2.19. The van der Waals surface area contributed by atoms with Gasteiger partial charge in [0.05, 0.1) is 12.9 Å². The summed E-state index contributed by atoms with van der Waals surface area (Å²) in [5.74, 6) is -1.58. The summed E-state index contributed by atoms with van der Waals surface area (Å²) in [4.78, 5) is 11.3. The molecule has 5 nitrogen and oxygen atoms in total. The topological polar surface area (TPSA) is 72.5 Å². The van der Waals surface area contributed by atoms with Crippen LogP contribution in [0, 0.1) is 5.41 Å². The van der Waals surface area contributed by atoms with Gasteiger partial charge in [0.25, 0.3) is 0 Å². The zero-order chi connectivity index (χ0) is 17.3. The van der Waals surface area contributed by atoms with Crippen molar-refractivity contribution in [1.82, 2.24) is 4.72 Å². The van der Waals surface area contributed by atoms with E-state index >= 15 is 0 Å². The SMILES string of the molecule is C=C(C(=O)OCC(C)(C)C(C)(C)NS(C)(=O)=O)C(F)(F)F. The lowest BCUT2D eigenvalue weighted by molar-refractivity contribution is -0.154. The molecule has 0 aromatic carbocycles. The smallest absolute Gasteiger partial charge is 0.422 e. The zero-order valence-electron chi connectivity index (χ0n) is 12.6. The first-order chi connectivity index (χ1) is 9.00. The lowest BCUT2D eigenvalue weighted by atomic mass is 9.76. The van der Waals surface area contributed by atoms with E-state index in [1.165, 1.54) is 0 Å². The number of nitrogens with one attached hydrogen (secondary N) is 1. The van der Waals surface area contributed by atoms with Crippen molar-refractivity contribution in [2.75, 3.05) is 12.9 Å². The lowest BCUT2D eigenvalue weighted by Crippen LogP contribution is -2.55. The first kappa shape index (κ1) is 19.9. The number of carbonyl (C=O) groups excluding carboxylic acids is 1. The molecule has 0 saturated carbocycles. The van der Waals surface area contributed by atoms with Crippen molar-refractivity contribution in [3.63, 3.8) is 0 Å². The Kier molecular flexibility index (Phi) is 5.65. The number of carbonyl (C=O) groups is 1. The predicted octanol–water partition coefficient (Wildman–Crippen LogP) is 2.00. The molecular formula is C12H20F3NO4S. The van der Waals surface area contributed by atoms with Crippen LogP contribution < -0.4 is 4.72 Å². The standard InChI is InChI=1S/C12H20F3NO4S/c1-8(12(13,14)15)9(17)20-7-10(2,3)11(4,5)16-21(6,18)19/h16H,1,7H2,2-6H3. The van der Waals surface area contributed by atoms with Crippen molar-refractivity contribution in [2.24, 2.45) is 5.41 Å². The van der Waals surface area contributed by atoms with Crippen LogP contribution in [-0.4, -0.2) is 39.0 Å². The third-order valence-corrected chi connectivity index (χ3v) is 4.17. The quantitative estimate of drug-likeness (QED) is 0.597. The monoisotopic (exact) mass is 331 g/mol. The van der Waals surface area contributed by atoms with E-state index in [1.807, 2.05) is 0 Å². The summed E-state index contributed by atoms with van der Waals surface area (Å²) in [5, 5.41) is 0. The molecule has 0 spiro atoms. The average molecular weight is 331 g/mol. The molecule has 0 radical (unpaired) electrons. The van der Waals surface area contributed by atoms with Crippen LogP contribution >= 0.6 is 0 Å². The maximum absolute atomic E-state index is 12.3. The number of rotatable bonds is 6. The molecule has 0 aromatic heterocycles. The maximum atomic E-state index is 12.3. The number of halogens is 3. The Morgan fingerprint density at radius 3 is 1.95 bits per heavy atom. The van der Waals surface area contributed by atoms with Gasteiger partial charge in [-0.1, -0.05) is 20.4 Å². The van der Waals surface area contributed by atoms with Gasteiger partial charge in [-0.25, -0.2) is 17.9 Å². The van der Waals surface area contributed by atoms with Gasteiger partial charge in [-0.2, -0.15) is 13.2 Å². The second-order valence-electron chi connectivity index (χ2n) is 5.94. The molecule has 9 heteroatoms. The molecule has 0 aromatic rings. The van der Waals surface area contributed by atoms with Gasteiger partial charge in [-0.05, 0) is 13.8 Å². The molecule has 0 aliphatic heterocycles. The minimum atomic E-state index is -4.86. The van der Waals surface area contributed by atoms with Crippen molar-refractivity contribution in [2.45, 2.75) is 39.4 Å². The van der Waals surface area contributed by atoms with E-state index in [4.69, 9.17) is 0 Å². The Morgan fingerprint density at radius 2 is 1.62 bits per heavy atom. The summed E-state index contributed by atoms with van der Waals surface area (Å²) in [6, 6.07) is 0. The first-order valence-corrected chi connectivity index (χ1v) is 7.81. The lowest BCUT2D eigenvalue weighted by Gasteiger charge is -2.41. The fourth-order valence-corrected chi connectivity index (χ4v) is 2.43. The van der Waals surface area contributed by atoms with Crippen LogP contribution in [0.3, 0.4) is 0 Å². The highest BCUT2D eigenvalue weighted by Gasteiger charge is 2.42. The number of esters is 1. The van der Waals surface area contributed by atoms with Crippen LogP contribution in [0.4, 0.5) is 13.2 Å². The second-order valence-corrected chi connectivity index (χ2v) is 7.68. The van der Waals surface area contributed by atoms with E-state index in [1.54, 1.807) is 27.7 Å². The van der Waals surface area contributed by atoms with Crippen molar-refractivity contribution in [1.29, 1.82) is 0 Å². The Bertz CT molecular complexity index is 521. The van der Waals surface area contributed by atoms with Gasteiger partial charge in [-0.15, -0.1) is 0 Å². The molecule has 21 heavy (non-hydrogen) atoms. The van der Waals surface area contributed by atoms with Crippen LogP contribution in [0.15, 0.2) is 12.2 Å². The number of ether oxygens (including phenoxy) is 1. The normalized spacial score (nSPS) is 13.9. The molecule has 0 aliphatic carbocycles.